The van der Waals surface area contributed by atoms with E-state index in [2.05, 4.69) is 5.32 Å². The van der Waals surface area contributed by atoms with E-state index in [1.807, 2.05) is 0 Å². The summed E-state index contributed by atoms with van der Waals surface area (Å²) in [5.41, 5.74) is 0.156. The zero-order valence-corrected chi connectivity index (χ0v) is 14.8. The fraction of sp³-hybridized carbons (Fsp3) is 0.188. The highest BCUT2D eigenvalue weighted by molar-refractivity contribution is 8.18. The molecule has 136 valence electrons. The molecule has 1 saturated heterocycles. The summed E-state index contributed by atoms with van der Waals surface area (Å²) in [7, 11) is -3.33. The Labute approximate surface area is 152 Å². The Bertz CT molecular complexity index is 955. The van der Waals surface area contributed by atoms with Crippen molar-refractivity contribution in [2.45, 2.75) is 6.04 Å². The normalized spacial score (nSPS) is 23.0. The van der Waals surface area contributed by atoms with Crippen molar-refractivity contribution in [3.63, 3.8) is 0 Å². The van der Waals surface area contributed by atoms with Crippen molar-refractivity contribution in [2.75, 3.05) is 12.3 Å². The zero-order chi connectivity index (χ0) is 18.9. The summed E-state index contributed by atoms with van der Waals surface area (Å²) in [6, 6.07) is 5.09. The van der Waals surface area contributed by atoms with Crippen LogP contribution >= 0.6 is 11.8 Å². The van der Waals surface area contributed by atoms with Gasteiger partial charge in [0.2, 0.25) is 5.91 Å². The Kier molecular flexibility index (Phi) is 4.97. The number of thioether (sulfide) groups is 1. The minimum Gasteiger partial charge on any atom is -0.347 e. The van der Waals surface area contributed by atoms with Gasteiger partial charge in [-0.3, -0.25) is 19.3 Å². The molecule has 0 spiro atoms. The van der Waals surface area contributed by atoms with Gasteiger partial charge in [0, 0.05) is 11.0 Å². The van der Waals surface area contributed by atoms with Crippen molar-refractivity contribution in [2.24, 2.45) is 0 Å². The summed E-state index contributed by atoms with van der Waals surface area (Å²) in [6.07, 6.45) is 2.59. The predicted octanol–water partition coefficient (Wildman–Crippen LogP) is 1.29. The van der Waals surface area contributed by atoms with Crippen molar-refractivity contribution in [3.8, 4) is 0 Å². The molecule has 7 nitrogen and oxygen atoms in total. The highest BCUT2D eigenvalue weighted by Crippen LogP contribution is 2.32. The van der Waals surface area contributed by atoms with Crippen LogP contribution in [-0.4, -0.2) is 48.7 Å². The molecular weight excluding hydrogens is 383 g/mol. The number of hydrogen-bond acceptors (Lipinski definition) is 6. The van der Waals surface area contributed by atoms with Crippen LogP contribution in [0.1, 0.15) is 5.56 Å². The molecule has 0 saturated carbocycles. The second-order valence-electron chi connectivity index (χ2n) is 5.62. The van der Waals surface area contributed by atoms with Gasteiger partial charge >= 0.3 is 0 Å². The van der Waals surface area contributed by atoms with Crippen molar-refractivity contribution in [3.05, 3.63) is 52.0 Å². The predicted molar refractivity (Wildman–Crippen MR) is 93.9 cm³/mol. The van der Waals surface area contributed by atoms with Gasteiger partial charge in [0.1, 0.15) is 12.4 Å². The van der Waals surface area contributed by atoms with Crippen LogP contribution in [0.2, 0.25) is 0 Å². The number of nitrogens with zero attached hydrogens (tertiary/aromatic N) is 1. The van der Waals surface area contributed by atoms with Crippen LogP contribution in [0.3, 0.4) is 0 Å². The van der Waals surface area contributed by atoms with E-state index in [0.29, 0.717) is 11.8 Å². The number of rotatable bonds is 4. The highest BCUT2D eigenvalue weighted by Gasteiger charge is 2.37. The third kappa shape index (κ3) is 4.02. The summed E-state index contributed by atoms with van der Waals surface area (Å²) in [4.78, 5) is 37.0. The first-order chi connectivity index (χ1) is 12.2. The van der Waals surface area contributed by atoms with Gasteiger partial charge in [0.05, 0.1) is 16.7 Å². The maximum atomic E-state index is 13.7. The topological polar surface area (TPSA) is 101 Å². The first-order valence-corrected chi connectivity index (χ1v) is 9.98. The van der Waals surface area contributed by atoms with E-state index in [0.717, 1.165) is 10.3 Å². The molecule has 0 radical (unpaired) electrons. The number of benzene rings is 1. The van der Waals surface area contributed by atoms with Gasteiger partial charge in [-0.25, -0.2) is 12.8 Å². The third-order valence-electron chi connectivity index (χ3n) is 3.64. The van der Waals surface area contributed by atoms with E-state index in [4.69, 9.17) is 0 Å². The largest absolute Gasteiger partial charge is 0.347 e. The lowest BCUT2D eigenvalue weighted by Crippen LogP contribution is -2.43. The molecule has 3 rings (SSSR count). The van der Waals surface area contributed by atoms with Crippen LogP contribution in [-0.2, 0) is 19.4 Å². The second kappa shape index (κ2) is 7.04. The molecule has 10 heteroatoms. The van der Waals surface area contributed by atoms with Crippen molar-refractivity contribution in [1.29, 1.82) is 0 Å². The van der Waals surface area contributed by atoms with Crippen molar-refractivity contribution < 1.29 is 27.2 Å². The summed E-state index contributed by atoms with van der Waals surface area (Å²) in [5.74, 6) is -2.15. The Hall–Kier alpha value is -2.46. The van der Waals surface area contributed by atoms with Crippen LogP contribution in [0.25, 0.3) is 6.08 Å². The fourth-order valence-corrected chi connectivity index (χ4v) is 4.50. The molecule has 1 aromatic rings. The summed E-state index contributed by atoms with van der Waals surface area (Å²) in [5, 5.41) is 2.79. The number of carbonyl (C=O) groups excluding carboxylic acids is 3. The highest BCUT2D eigenvalue weighted by atomic mass is 32.2. The van der Waals surface area contributed by atoms with E-state index in [1.165, 1.54) is 30.4 Å². The lowest BCUT2D eigenvalue weighted by molar-refractivity contribution is -0.129. The molecule has 2 aliphatic heterocycles. The summed E-state index contributed by atoms with van der Waals surface area (Å²) in [6.45, 7) is -0.538. The van der Waals surface area contributed by atoms with Gasteiger partial charge in [0.15, 0.2) is 9.84 Å². The number of sulfone groups is 1. The molecule has 0 aromatic heterocycles. The molecule has 3 amide bonds. The average molecular weight is 396 g/mol. The Morgan fingerprint density at radius 2 is 2.08 bits per heavy atom. The molecule has 1 unspecified atom stereocenters. The fourth-order valence-electron chi connectivity index (χ4n) is 2.43. The quantitative estimate of drug-likeness (QED) is 0.770. The first kappa shape index (κ1) is 18.3. The van der Waals surface area contributed by atoms with E-state index in [9.17, 15) is 27.2 Å². The molecule has 26 heavy (non-hydrogen) atoms. The SMILES string of the molecule is O=C(CN1C(=O)SC(=Cc2ccccc2F)C1=O)NC1C=CS(=O)(=O)C1. The third-order valence-corrected chi connectivity index (χ3v) is 5.95. The van der Waals surface area contributed by atoms with Gasteiger partial charge in [-0.2, -0.15) is 0 Å². The Balaban J connectivity index is 1.67. The number of imide groups is 1. The molecule has 2 heterocycles. The molecule has 2 aliphatic rings. The van der Waals surface area contributed by atoms with Crippen LogP contribution in [0.4, 0.5) is 9.18 Å². The molecule has 1 fully saturated rings. The number of nitrogens with one attached hydrogen (secondary N) is 1. The second-order valence-corrected chi connectivity index (χ2v) is 8.55. The maximum absolute atomic E-state index is 13.7. The van der Waals surface area contributed by atoms with Gasteiger partial charge in [-0.05, 0) is 30.0 Å². The number of hydrogen-bond donors (Lipinski definition) is 1. The molecule has 1 aromatic carbocycles. The van der Waals surface area contributed by atoms with Crippen LogP contribution in [0.5, 0.6) is 0 Å². The van der Waals surface area contributed by atoms with E-state index in [1.54, 1.807) is 6.07 Å². The van der Waals surface area contributed by atoms with Crippen molar-refractivity contribution >= 4 is 44.7 Å². The lowest BCUT2D eigenvalue weighted by atomic mass is 10.2. The number of halogens is 1. The molecular formula is C16H13FN2O5S2. The maximum Gasteiger partial charge on any atom is 0.294 e. The molecule has 1 atom stereocenters. The molecule has 0 bridgehead atoms. The summed E-state index contributed by atoms with van der Waals surface area (Å²) < 4.78 is 36.3. The van der Waals surface area contributed by atoms with Gasteiger partial charge in [0.25, 0.3) is 11.1 Å². The van der Waals surface area contributed by atoms with E-state index >= 15 is 0 Å². The molecule has 1 N–H and O–H groups in total. The smallest absolute Gasteiger partial charge is 0.294 e. The molecule has 0 aliphatic carbocycles. The number of carbonyl (C=O) groups is 3. The van der Waals surface area contributed by atoms with Crippen LogP contribution in [0.15, 0.2) is 40.7 Å². The van der Waals surface area contributed by atoms with E-state index < -0.39 is 45.3 Å². The minimum atomic E-state index is -3.33. The minimum absolute atomic E-state index is 0.0104. The van der Waals surface area contributed by atoms with Gasteiger partial charge in [-0.15, -0.1) is 0 Å². The van der Waals surface area contributed by atoms with Gasteiger partial charge < -0.3 is 5.32 Å². The Morgan fingerprint density at radius 3 is 2.73 bits per heavy atom. The first-order valence-electron chi connectivity index (χ1n) is 7.45. The van der Waals surface area contributed by atoms with Gasteiger partial charge in [-0.1, -0.05) is 18.2 Å². The monoisotopic (exact) mass is 396 g/mol. The standard InChI is InChI=1S/C16H13FN2O5S2/c17-12-4-2-1-3-10(12)7-13-15(21)19(16(22)25-13)8-14(20)18-11-5-6-26(23,24)9-11/h1-7,11H,8-9H2,(H,18,20). The van der Waals surface area contributed by atoms with Crippen LogP contribution < -0.4 is 5.32 Å². The summed E-state index contributed by atoms with van der Waals surface area (Å²) >= 11 is 0.612. The number of amides is 3. The lowest BCUT2D eigenvalue weighted by Gasteiger charge is -2.14. The average Bonchev–Trinajstić information content (AvgIpc) is 3.03. The van der Waals surface area contributed by atoms with Crippen molar-refractivity contribution in [1.82, 2.24) is 10.2 Å². The Morgan fingerprint density at radius 1 is 1.35 bits per heavy atom. The van der Waals surface area contributed by atoms with E-state index in [-0.39, 0.29) is 16.2 Å². The zero-order valence-electron chi connectivity index (χ0n) is 13.2. The van der Waals surface area contributed by atoms with Crippen LogP contribution in [0, 0.1) is 5.82 Å².